The third-order valence-corrected chi connectivity index (χ3v) is 3.93. The van der Waals surface area contributed by atoms with Gasteiger partial charge in [0.25, 0.3) is 0 Å². The maximum Gasteiger partial charge on any atom is 0.137 e. The fourth-order valence-electron chi connectivity index (χ4n) is 2.81. The molecule has 1 aliphatic rings. The molecular formula is C15H19N3O2. The van der Waals surface area contributed by atoms with Gasteiger partial charge < -0.3 is 9.84 Å². The summed E-state index contributed by atoms with van der Waals surface area (Å²) in [4.78, 5) is 3.99. The van der Waals surface area contributed by atoms with Crippen molar-refractivity contribution in [3.8, 4) is 0 Å². The number of ether oxygens (including phenoxy) is 1. The molecule has 1 aromatic carbocycles. The molecule has 0 spiro atoms. The van der Waals surface area contributed by atoms with Crippen LogP contribution in [0.5, 0.6) is 0 Å². The quantitative estimate of drug-likeness (QED) is 0.917. The van der Waals surface area contributed by atoms with Gasteiger partial charge in [-0.2, -0.15) is 5.10 Å². The number of aliphatic hydroxyl groups excluding tert-OH is 1. The number of aromatic nitrogens is 3. The molecule has 20 heavy (non-hydrogen) atoms. The van der Waals surface area contributed by atoms with E-state index in [1.807, 2.05) is 0 Å². The largest absolute Gasteiger partial charge is 0.396 e. The summed E-state index contributed by atoms with van der Waals surface area (Å²) >= 11 is 0. The zero-order valence-corrected chi connectivity index (χ0v) is 11.6. The molecule has 5 nitrogen and oxygen atoms in total. The Morgan fingerprint density at radius 1 is 1.40 bits per heavy atom. The lowest BCUT2D eigenvalue weighted by Crippen LogP contribution is -2.31. The van der Waals surface area contributed by atoms with Crippen molar-refractivity contribution in [1.29, 1.82) is 0 Å². The minimum absolute atomic E-state index is 0.158. The molecule has 2 aromatic rings. The molecule has 106 valence electrons. The molecule has 2 heterocycles. The molecule has 0 amide bonds. The molecule has 5 heteroatoms. The fraction of sp³-hybridized carbons (Fsp3) is 0.467. The second-order valence-corrected chi connectivity index (χ2v) is 5.52. The fourth-order valence-corrected chi connectivity index (χ4v) is 2.81. The van der Waals surface area contributed by atoms with E-state index in [4.69, 9.17) is 4.74 Å². The summed E-state index contributed by atoms with van der Waals surface area (Å²) in [7, 11) is 0. The van der Waals surface area contributed by atoms with Crippen LogP contribution in [0.2, 0.25) is 0 Å². The first-order valence-electron chi connectivity index (χ1n) is 6.86. The Bertz CT molecular complexity index is 553. The van der Waals surface area contributed by atoms with Gasteiger partial charge in [-0.3, -0.25) is 0 Å². The average Bonchev–Trinajstić information content (AvgIpc) is 3.10. The van der Waals surface area contributed by atoms with Crippen molar-refractivity contribution in [2.75, 3.05) is 13.2 Å². The van der Waals surface area contributed by atoms with Crippen molar-refractivity contribution >= 4 is 0 Å². The molecule has 0 bridgehead atoms. The number of hydrogen-bond donors (Lipinski definition) is 1. The van der Waals surface area contributed by atoms with E-state index in [9.17, 15) is 5.11 Å². The highest BCUT2D eigenvalue weighted by atomic mass is 16.5. The molecule has 0 radical (unpaired) electrons. The number of benzene rings is 1. The monoisotopic (exact) mass is 273 g/mol. The predicted octanol–water partition coefficient (Wildman–Crippen LogP) is 1.51. The summed E-state index contributed by atoms with van der Waals surface area (Å²) in [5.74, 6) is 0.180. The Morgan fingerprint density at radius 2 is 2.20 bits per heavy atom. The summed E-state index contributed by atoms with van der Waals surface area (Å²) in [6.45, 7) is 3.43. The Hall–Kier alpha value is -1.72. The minimum atomic E-state index is -0.422. The molecular weight excluding hydrogens is 254 g/mol. The topological polar surface area (TPSA) is 60.2 Å². The second kappa shape index (κ2) is 5.34. The molecule has 1 fully saturated rings. The average molecular weight is 273 g/mol. The van der Waals surface area contributed by atoms with Crippen LogP contribution in [-0.2, 0) is 16.9 Å². The Labute approximate surface area is 118 Å². The number of nitrogens with zero attached hydrogens (tertiary/aromatic N) is 3. The molecule has 1 aliphatic heterocycles. The van der Waals surface area contributed by atoms with Crippen LogP contribution in [0.15, 0.2) is 36.9 Å². The first-order valence-corrected chi connectivity index (χ1v) is 6.86. The van der Waals surface area contributed by atoms with Crippen molar-refractivity contribution in [2.24, 2.45) is 5.92 Å². The van der Waals surface area contributed by atoms with Crippen molar-refractivity contribution in [1.82, 2.24) is 14.8 Å². The zero-order valence-electron chi connectivity index (χ0n) is 11.6. The van der Waals surface area contributed by atoms with Crippen LogP contribution < -0.4 is 0 Å². The molecule has 2 unspecified atom stereocenters. The molecule has 2 atom stereocenters. The van der Waals surface area contributed by atoms with Crippen molar-refractivity contribution in [3.05, 3.63) is 48.0 Å². The number of rotatable bonds is 4. The van der Waals surface area contributed by atoms with E-state index in [1.54, 1.807) is 11.0 Å². The summed E-state index contributed by atoms with van der Waals surface area (Å²) < 4.78 is 7.89. The normalized spacial score (nSPS) is 26.0. The van der Waals surface area contributed by atoms with Gasteiger partial charge in [0, 0.05) is 12.5 Å². The lowest BCUT2D eigenvalue weighted by atomic mass is 9.87. The van der Waals surface area contributed by atoms with Gasteiger partial charge in [0.05, 0.1) is 13.2 Å². The van der Waals surface area contributed by atoms with Crippen molar-refractivity contribution in [3.63, 3.8) is 0 Å². The van der Waals surface area contributed by atoms with Gasteiger partial charge >= 0.3 is 0 Å². The van der Waals surface area contributed by atoms with Crippen LogP contribution in [0, 0.1) is 12.8 Å². The van der Waals surface area contributed by atoms with E-state index < -0.39 is 5.60 Å². The molecule has 1 saturated heterocycles. The van der Waals surface area contributed by atoms with Gasteiger partial charge in [0.15, 0.2) is 0 Å². The van der Waals surface area contributed by atoms with Crippen molar-refractivity contribution < 1.29 is 9.84 Å². The molecule has 1 aromatic heterocycles. The number of aryl methyl sites for hydroxylation is 1. The summed E-state index contributed by atoms with van der Waals surface area (Å²) in [5.41, 5.74) is 1.94. The Balaban J connectivity index is 1.93. The lowest BCUT2D eigenvalue weighted by Gasteiger charge is -2.29. The summed E-state index contributed by atoms with van der Waals surface area (Å²) in [5, 5.41) is 13.6. The standard InChI is InChI=1S/C15H19N3O2/c1-12-2-4-14(5-3-12)15(6-13(7-19)8-20-15)9-18-11-16-10-17-18/h2-5,10-11,13,19H,6-9H2,1H3. The minimum Gasteiger partial charge on any atom is -0.396 e. The molecule has 3 rings (SSSR count). The smallest absolute Gasteiger partial charge is 0.137 e. The maximum atomic E-state index is 9.40. The molecule has 0 aliphatic carbocycles. The van der Waals surface area contributed by atoms with Crippen LogP contribution in [0.25, 0.3) is 0 Å². The van der Waals surface area contributed by atoms with Crippen LogP contribution in [0.4, 0.5) is 0 Å². The molecule has 0 saturated carbocycles. The first-order chi connectivity index (χ1) is 9.72. The number of aliphatic hydroxyl groups is 1. The van der Waals surface area contributed by atoms with Gasteiger partial charge in [-0.1, -0.05) is 29.8 Å². The highest BCUT2D eigenvalue weighted by molar-refractivity contribution is 5.27. The van der Waals surface area contributed by atoms with E-state index in [-0.39, 0.29) is 12.5 Å². The zero-order chi connectivity index (χ0) is 14.0. The van der Waals surface area contributed by atoms with Crippen LogP contribution in [-0.4, -0.2) is 33.1 Å². The number of hydrogen-bond acceptors (Lipinski definition) is 4. The predicted molar refractivity (Wildman–Crippen MR) is 74.0 cm³/mol. The van der Waals surface area contributed by atoms with E-state index in [0.29, 0.717) is 13.2 Å². The van der Waals surface area contributed by atoms with Gasteiger partial charge in [0.2, 0.25) is 0 Å². The van der Waals surface area contributed by atoms with Crippen LogP contribution in [0.3, 0.4) is 0 Å². The van der Waals surface area contributed by atoms with Crippen LogP contribution in [0.1, 0.15) is 17.5 Å². The highest BCUT2D eigenvalue weighted by Gasteiger charge is 2.42. The highest BCUT2D eigenvalue weighted by Crippen LogP contribution is 2.40. The molecule has 1 N–H and O–H groups in total. The third kappa shape index (κ3) is 2.46. The van der Waals surface area contributed by atoms with Gasteiger partial charge in [-0.15, -0.1) is 0 Å². The van der Waals surface area contributed by atoms with Crippen LogP contribution >= 0.6 is 0 Å². The maximum absolute atomic E-state index is 9.40. The summed E-state index contributed by atoms with van der Waals surface area (Å²) in [6.07, 6.45) is 4.03. The Kier molecular flexibility index (Phi) is 3.54. The van der Waals surface area contributed by atoms with Gasteiger partial charge in [-0.25, -0.2) is 9.67 Å². The van der Waals surface area contributed by atoms with E-state index in [0.717, 1.165) is 12.0 Å². The first kappa shape index (κ1) is 13.3. The second-order valence-electron chi connectivity index (χ2n) is 5.52. The summed E-state index contributed by atoms with van der Waals surface area (Å²) in [6, 6.07) is 8.39. The van der Waals surface area contributed by atoms with Crippen molar-refractivity contribution in [2.45, 2.75) is 25.5 Å². The van der Waals surface area contributed by atoms with E-state index in [2.05, 4.69) is 41.3 Å². The van der Waals surface area contributed by atoms with Gasteiger partial charge in [-0.05, 0) is 18.9 Å². The SMILES string of the molecule is Cc1ccc(C2(Cn3cncn3)CC(CO)CO2)cc1. The van der Waals surface area contributed by atoms with E-state index >= 15 is 0 Å². The Morgan fingerprint density at radius 3 is 2.80 bits per heavy atom. The van der Waals surface area contributed by atoms with Gasteiger partial charge in [0.1, 0.15) is 18.3 Å². The third-order valence-electron chi connectivity index (χ3n) is 3.93. The lowest BCUT2D eigenvalue weighted by molar-refractivity contribution is -0.0181. The van der Waals surface area contributed by atoms with E-state index in [1.165, 1.54) is 11.9 Å².